The Kier molecular flexibility index (Phi) is 4.09. The van der Waals surface area contributed by atoms with Gasteiger partial charge in [0, 0.05) is 6.54 Å². The third-order valence-corrected chi connectivity index (χ3v) is 2.35. The summed E-state index contributed by atoms with van der Waals surface area (Å²) in [5.41, 5.74) is 2.90. The maximum absolute atomic E-state index is 10.9. The fraction of sp³-hybridized carbons (Fsp3) is 0.250. The lowest BCUT2D eigenvalue weighted by Gasteiger charge is -2.01. The summed E-state index contributed by atoms with van der Waals surface area (Å²) in [5.74, 6) is 3.25. The van der Waals surface area contributed by atoms with Gasteiger partial charge in [-0.3, -0.25) is 15.0 Å². The molecule has 0 spiro atoms. The number of amides is 2. The molecule has 0 saturated carbocycles. The molecule has 1 heterocycles. The number of thiophene rings is 1. The van der Waals surface area contributed by atoms with Crippen LogP contribution in [-0.2, 0) is 16.0 Å². The molecule has 0 fully saturated rings. The highest BCUT2D eigenvalue weighted by atomic mass is 32.1. The Morgan fingerprint density at radius 2 is 2.21 bits per heavy atom. The number of hydrazine groups is 1. The summed E-state index contributed by atoms with van der Waals surface area (Å²) in [7, 11) is 0. The standard InChI is InChI=1S/C8H11N3O2S/c9-11-8(13)7(12)10-3-1-6-2-4-14-5-6/h2,4-5H,1,3,9H2,(H,10,12)(H,11,13). The van der Waals surface area contributed by atoms with E-state index in [1.54, 1.807) is 16.8 Å². The molecule has 5 nitrogen and oxygen atoms in total. The molecule has 0 radical (unpaired) electrons. The van der Waals surface area contributed by atoms with Gasteiger partial charge < -0.3 is 5.32 Å². The van der Waals surface area contributed by atoms with Crippen LogP contribution in [0.3, 0.4) is 0 Å². The Bertz CT molecular complexity index is 310. The number of carbonyl (C=O) groups excluding carboxylic acids is 2. The van der Waals surface area contributed by atoms with Crippen molar-refractivity contribution in [2.75, 3.05) is 6.54 Å². The molecule has 2 amide bonds. The van der Waals surface area contributed by atoms with E-state index in [1.807, 2.05) is 16.8 Å². The van der Waals surface area contributed by atoms with Crippen LogP contribution >= 0.6 is 11.3 Å². The molecule has 0 bridgehead atoms. The number of carbonyl (C=O) groups is 2. The van der Waals surface area contributed by atoms with E-state index in [9.17, 15) is 9.59 Å². The molecule has 0 saturated heterocycles. The summed E-state index contributed by atoms with van der Waals surface area (Å²) in [6.45, 7) is 0.434. The van der Waals surface area contributed by atoms with Crippen molar-refractivity contribution in [2.45, 2.75) is 6.42 Å². The van der Waals surface area contributed by atoms with Gasteiger partial charge in [-0.15, -0.1) is 0 Å². The average Bonchev–Trinajstić information content (AvgIpc) is 2.69. The molecule has 6 heteroatoms. The van der Waals surface area contributed by atoms with Crippen LogP contribution in [0.5, 0.6) is 0 Å². The maximum atomic E-state index is 10.9. The highest BCUT2D eigenvalue weighted by Gasteiger charge is 2.09. The van der Waals surface area contributed by atoms with Gasteiger partial charge >= 0.3 is 11.8 Å². The van der Waals surface area contributed by atoms with Gasteiger partial charge in [0.15, 0.2) is 0 Å². The van der Waals surface area contributed by atoms with Crippen molar-refractivity contribution >= 4 is 23.2 Å². The number of hydrogen-bond acceptors (Lipinski definition) is 4. The van der Waals surface area contributed by atoms with Crippen molar-refractivity contribution < 1.29 is 9.59 Å². The number of hydrogen-bond donors (Lipinski definition) is 3. The summed E-state index contributed by atoms with van der Waals surface area (Å²) in [6.07, 6.45) is 0.715. The summed E-state index contributed by atoms with van der Waals surface area (Å²) >= 11 is 1.60. The largest absolute Gasteiger partial charge is 0.347 e. The third-order valence-electron chi connectivity index (χ3n) is 1.62. The Morgan fingerprint density at radius 3 is 2.79 bits per heavy atom. The minimum atomic E-state index is -0.824. The van der Waals surface area contributed by atoms with Gasteiger partial charge in [-0.25, -0.2) is 5.84 Å². The molecule has 1 aromatic rings. The second kappa shape index (κ2) is 5.36. The van der Waals surface area contributed by atoms with Crippen LogP contribution in [0.15, 0.2) is 16.8 Å². The summed E-state index contributed by atoms with van der Waals surface area (Å²) in [6, 6.07) is 1.97. The zero-order valence-corrected chi connectivity index (χ0v) is 8.26. The van der Waals surface area contributed by atoms with Crippen molar-refractivity contribution in [1.29, 1.82) is 0 Å². The van der Waals surface area contributed by atoms with Gasteiger partial charge in [0.1, 0.15) is 0 Å². The van der Waals surface area contributed by atoms with E-state index in [0.29, 0.717) is 13.0 Å². The molecule has 1 rings (SSSR count). The molecule has 1 aromatic heterocycles. The minimum Gasteiger partial charge on any atom is -0.347 e. The van der Waals surface area contributed by atoms with Crippen molar-refractivity contribution in [2.24, 2.45) is 5.84 Å². The van der Waals surface area contributed by atoms with E-state index < -0.39 is 11.8 Å². The topological polar surface area (TPSA) is 84.2 Å². The molecule has 0 aliphatic heterocycles. The maximum Gasteiger partial charge on any atom is 0.323 e. The zero-order valence-electron chi connectivity index (χ0n) is 7.45. The van der Waals surface area contributed by atoms with Gasteiger partial charge in [0.05, 0.1) is 0 Å². The van der Waals surface area contributed by atoms with Crippen LogP contribution < -0.4 is 16.6 Å². The van der Waals surface area contributed by atoms with E-state index in [2.05, 4.69) is 5.32 Å². The number of rotatable bonds is 3. The van der Waals surface area contributed by atoms with Gasteiger partial charge in [-0.1, -0.05) is 0 Å². The van der Waals surface area contributed by atoms with Crippen LogP contribution in [0, 0.1) is 0 Å². The molecule has 0 aliphatic rings. The van der Waals surface area contributed by atoms with E-state index in [4.69, 9.17) is 5.84 Å². The van der Waals surface area contributed by atoms with Crippen LogP contribution in [0.25, 0.3) is 0 Å². The van der Waals surface area contributed by atoms with Crippen LogP contribution in [-0.4, -0.2) is 18.4 Å². The normalized spacial score (nSPS) is 9.50. The molecule has 0 atom stereocenters. The fourth-order valence-corrected chi connectivity index (χ4v) is 1.60. The Morgan fingerprint density at radius 1 is 1.43 bits per heavy atom. The van der Waals surface area contributed by atoms with Crippen molar-refractivity contribution in [3.05, 3.63) is 22.4 Å². The predicted molar refractivity (Wildman–Crippen MR) is 53.4 cm³/mol. The highest BCUT2D eigenvalue weighted by molar-refractivity contribution is 7.07. The van der Waals surface area contributed by atoms with E-state index >= 15 is 0 Å². The predicted octanol–water partition coefficient (Wildman–Crippen LogP) is -0.603. The van der Waals surface area contributed by atoms with E-state index in [-0.39, 0.29) is 0 Å². The molecule has 0 unspecified atom stereocenters. The quantitative estimate of drug-likeness (QED) is 0.271. The third kappa shape index (κ3) is 3.15. The molecular formula is C8H11N3O2S. The van der Waals surface area contributed by atoms with Crippen molar-refractivity contribution in [3.8, 4) is 0 Å². The minimum absolute atomic E-state index is 0.434. The fourth-order valence-electron chi connectivity index (χ4n) is 0.901. The van der Waals surface area contributed by atoms with Gasteiger partial charge in [-0.05, 0) is 28.8 Å². The summed E-state index contributed by atoms with van der Waals surface area (Å²) < 4.78 is 0. The average molecular weight is 213 g/mol. The second-order valence-electron chi connectivity index (χ2n) is 2.61. The van der Waals surface area contributed by atoms with Gasteiger partial charge in [-0.2, -0.15) is 11.3 Å². The lowest BCUT2D eigenvalue weighted by Crippen LogP contribution is -2.43. The second-order valence-corrected chi connectivity index (χ2v) is 3.39. The molecular weight excluding hydrogens is 202 g/mol. The Balaban J connectivity index is 2.22. The molecule has 76 valence electrons. The molecule has 14 heavy (non-hydrogen) atoms. The van der Waals surface area contributed by atoms with Gasteiger partial charge in [0.25, 0.3) is 0 Å². The van der Waals surface area contributed by atoms with Crippen molar-refractivity contribution in [3.63, 3.8) is 0 Å². The Hall–Kier alpha value is -1.40. The van der Waals surface area contributed by atoms with E-state index in [0.717, 1.165) is 5.56 Å². The monoisotopic (exact) mass is 213 g/mol. The van der Waals surface area contributed by atoms with E-state index in [1.165, 1.54) is 0 Å². The lowest BCUT2D eigenvalue weighted by atomic mass is 10.2. The first-order valence-electron chi connectivity index (χ1n) is 4.04. The number of nitrogens with two attached hydrogens (primary N) is 1. The molecule has 0 aliphatic carbocycles. The van der Waals surface area contributed by atoms with Crippen LogP contribution in [0.1, 0.15) is 5.56 Å². The number of nitrogens with one attached hydrogen (secondary N) is 2. The summed E-state index contributed by atoms with van der Waals surface area (Å²) in [5, 5.41) is 6.40. The zero-order chi connectivity index (χ0) is 10.4. The first-order chi connectivity index (χ1) is 6.74. The van der Waals surface area contributed by atoms with Crippen LogP contribution in [0.4, 0.5) is 0 Å². The lowest BCUT2D eigenvalue weighted by molar-refractivity contribution is -0.139. The molecule has 4 N–H and O–H groups in total. The van der Waals surface area contributed by atoms with Crippen molar-refractivity contribution in [1.82, 2.24) is 10.7 Å². The summed E-state index contributed by atoms with van der Waals surface area (Å²) in [4.78, 5) is 21.6. The highest BCUT2D eigenvalue weighted by Crippen LogP contribution is 2.05. The first-order valence-corrected chi connectivity index (χ1v) is 4.98. The Labute approximate surface area is 85.3 Å². The first kappa shape index (κ1) is 10.7. The smallest absolute Gasteiger partial charge is 0.323 e. The SMILES string of the molecule is NNC(=O)C(=O)NCCc1ccsc1. The molecule has 0 aromatic carbocycles. The van der Waals surface area contributed by atoms with Crippen LogP contribution in [0.2, 0.25) is 0 Å². The van der Waals surface area contributed by atoms with Gasteiger partial charge in [0.2, 0.25) is 0 Å².